The largest absolute Gasteiger partial charge is 0.467 e. The van der Waals surface area contributed by atoms with Crippen molar-refractivity contribution in [3.05, 3.63) is 0 Å². The molecule has 1 heterocycles. The third-order valence-electron chi connectivity index (χ3n) is 1.94. The van der Waals surface area contributed by atoms with E-state index in [1.807, 2.05) is 0 Å². The third kappa shape index (κ3) is 1.84. The molecule has 6 nitrogen and oxygen atoms in total. The fourth-order valence-electron chi connectivity index (χ4n) is 1.21. The Hall–Kier alpha value is -1.59. The van der Waals surface area contributed by atoms with E-state index in [1.165, 1.54) is 14.0 Å². The number of β-lactam (4-membered cyclic amide) rings is 1. The molecule has 1 fully saturated rings. The number of rotatable bonds is 3. The van der Waals surface area contributed by atoms with Gasteiger partial charge >= 0.3 is 11.9 Å². The summed E-state index contributed by atoms with van der Waals surface area (Å²) in [5, 5.41) is 2.37. The Morgan fingerprint density at radius 1 is 1.57 bits per heavy atom. The van der Waals surface area contributed by atoms with E-state index in [2.05, 4.69) is 14.8 Å². The van der Waals surface area contributed by atoms with Crippen molar-refractivity contribution in [3.63, 3.8) is 0 Å². The molecule has 78 valence electrons. The lowest BCUT2D eigenvalue weighted by Gasteiger charge is -2.38. The fraction of sp³-hybridized carbons (Fsp3) is 0.625. The SMILES string of the molecule is COC(=O)[C@@]1(COC(C)=O)CC(=O)N1. The van der Waals surface area contributed by atoms with E-state index >= 15 is 0 Å². The Kier molecular flexibility index (Phi) is 2.73. The summed E-state index contributed by atoms with van der Waals surface area (Å²) in [7, 11) is 1.21. The van der Waals surface area contributed by atoms with Crippen LogP contribution in [0.1, 0.15) is 13.3 Å². The summed E-state index contributed by atoms with van der Waals surface area (Å²) in [6.45, 7) is 1.05. The van der Waals surface area contributed by atoms with Crippen molar-refractivity contribution in [1.82, 2.24) is 5.32 Å². The molecule has 0 saturated carbocycles. The minimum absolute atomic E-state index is 0.00699. The topological polar surface area (TPSA) is 81.7 Å². The van der Waals surface area contributed by atoms with Crippen LogP contribution in [-0.4, -0.2) is 37.1 Å². The van der Waals surface area contributed by atoms with E-state index in [0.29, 0.717) is 0 Å². The van der Waals surface area contributed by atoms with Crippen molar-refractivity contribution in [3.8, 4) is 0 Å². The molecule has 0 unspecified atom stereocenters. The second kappa shape index (κ2) is 3.65. The van der Waals surface area contributed by atoms with Gasteiger partial charge in [0.25, 0.3) is 0 Å². The van der Waals surface area contributed by atoms with Gasteiger partial charge in [0.2, 0.25) is 5.91 Å². The zero-order valence-corrected chi connectivity index (χ0v) is 7.96. The summed E-state index contributed by atoms with van der Waals surface area (Å²) in [5.41, 5.74) is -1.17. The van der Waals surface area contributed by atoms with Gasteiger partial charge in [0, 0.05) is 6.92 Å². The molecule has 1 saturated heterocycles. The maximum Gasteiger partial charge on any atom is 0.335 e. The first kappa shape index (κ1) is 10.5. The summed E-state index contributed by atoms with van der Waals surface area (Å²) < 4.78 is 9.16. The molecule has 1 amide bonds. The molecule has 1 N–H and O–H groups in total. The van der Waals surface area contributed by atoms with Gasteiger partial charge in [-0.15, -0.1) is 0 Å². The smallest absolute Gasteiger partial charge is 0.335 e. The number of amides is 1. The highest BCUT2D eigenvalue weighted by atomic mass is 16.5. The van der Waals surface area contributed by atoms with E-state index in [4.69, 9.17) is 0 Å². The minimum Gasteiger partial charge on any atom is -0.467 e. The first-order chi connectivity index (χ1) is 6.50. The molecule has 1 atom stereocenters. The van der Waals surface area contributed by atoms with Crippen LogP contribution in [0.3, 0.4) is 0 Å². The van der Waals surface area contributed by atoms with Crippen molar-refractivity contribution < 1.29 is 23.9 Å². The number of carbonyl (C=O) groups excluding carboxylic acids is 3. The molecule has 6 heteroatoms. The molecular formula is C8H11NO5. The van der Waals surface area contributed by atoms with E-state index in [1.54, 1.807) is 0 Å². The van der Waals surface area contributed by atoms with E-state index < -0.39 is 17.5 Å². The van der Waals surface area contributed by atoms with E-state index in [9.17, 15) is 14.4 Å². The molecule has 0 spiro atoms. The highest BCUT2D eigenvalue weighted by molar-refractivity contribution is 5.99. The van der Waals surface area contributed by atoms with E-state index in [0.717, 1.165) is 0 Å². The van der Waals surface area contributed by atoms with Crippen molar-refractivity contribution in [1.29, 1.82) is 0 Å². The van der Waals surface area contributed by atoms with Crippen LogP contribution in [-0.2, 0) is 23.9 Å². The molecule has 0 radical (unpaired) electrons. The van der Waals surface area contributed by atoms with Crippen molar-refractivity contribution in [2.75, 3.05) is 13.7 Å². The molecule has 1 aliphatic heterocycles. The molecular weight excluding hydrogens is 190 g/mol. The van der Waals surface area contributed by atoms with Crippen LogP contribution in [0.15, 0.2) is 0 Å². The third-order valence-corrected chi connectivity index (χ3v) is 1.94. The van der Waals surface area contributed by atoms with Gasteiger partial charge in [0.1, 0.15) is 6.61 Å². The van der Waals surface area contributed by atoms with Crippen LogP contribution in [0.4, 0.5) is 0 Å². The molecule has 14 heavy (non-hydrogen) atoms. The quantitative estimate of drug-likeness (QED) is 0.467. The molecule has 1 rings (SSSR count). The standard InChI is InChI=1S/C8H11NO5/c1-5(10)14-4-8(7(12)13-2)3-6(11)9-8/h3-4H2,1-2H3,(H,9,11)/t8-/m0/s1. The summed E-state index contributed by atoms with van der Waals surface area (Å²) in [4.78, 5) is 32.5. The predicted octanol–water partition coefficient (Wildman–Crippen LogP) is -1.02. The number of methoxy groups -OCH3 is 1. The summed E-state index contributed by atoms with van der Waals surface area (Å²) in [6, 6.07) is 0. The minimum atomic E-state index is -1.17. The molecule has 0 aromatic heterocycles. The maximum atomic E-state index is 11.2. The number of carbonyl (C=O) groups is 3. The number of hydrogen-bond donors (Lipinski definition) is 1. The second-order valence-electron chi connectivity index (χ2n) is 3.08. The lowest BCUT2D eigenvalue weighted by atomic mass is 9.88. The van der Waals surface area contributed by atoms with Crippen LogP contribution >= 0.6 is 0 Å². The highest BCUT2D eigenvalue weighted by Gasteiger charge is 2.51. The Bertz CT molecular complexity index is 277. The average molecular weight is 201 g/mol. The second-order valence-corrected chi connectivity index (χ2v) is 3.08. The lowest BCUT2D eigenvalue weighted by Crippen LogP contribution is -2.68. The highest BCUT2D eigenvalue weighted by Crippen LogP contribution is 2.22. The summed E-state index contributed by atoms with van der Waals surface area (Å²) in [5.74, 6) is -1.37. The van der Waals surface area contributed by atoms with Crippen molar-refractivity contribution in [2.45, 2.75) is 18.9 Å². The Morgan fingerprint density at radius 2 is 2.14 bits per heavy atom. The molecule has 0 aromatic carbocycles. The van der Waals surface area contributed by atoms with Gasteiger partial charge in [-0.2, -0.15) is 0 Å². The lowest BCUT2D eigenvalue weighted by molar-refractivity contribution is -0.166. The van der Waals surface area contributed by atoms with Crippen molar-refractivity contribution in [2.24, 2.45) is 0 Å². The zero-order valence-electron chi connectivity index (χ0n) is 7.96. The number of nitrogens with one attached hydrogen (secondary N) is 1. The van der Waals surface area contributed by atoms with Crippen LogP contribution in [0.2, 0.25) is 0 Å². The monoisotopic (exact) mass is 201 g/mol. The van der Waals surface area contributed by atoms with Crippen molar-refractivity contribution >= 4 is 17.8 Å². The Labute approximate surface area is 80.5 Å². The summed E-state index contributed by atoms with van der Waals surface area (Å²) >= 11 is 0. The molecule has 1 aliphatic rings. The zero-order chi connectivity index (χ0) is 10.8. The van der Waals surface area contributed by atoms with Gasteiger partial charge in [-0.3, -0.25) is 9.59 Å². The number of ether oxygens (including phenoxy) is 2. The van der Waals surface area contributed by atoms with Gasteiger partial charge in [-0.1, -0.05) is 0 Å². The van der Waals surface area contributed by atoms with E-state index in [-0.39, 0.29) is 18.9 Å². The molecule has 0 bridgehead atoms. The first-order valence-electron chi connectivity index (χ1n) is 4.03. The van der Waals surface area contributed by atoms with Gasteiger partial charge in [-0.25, -0.2) is 4.79 Å². The van der Waals surface area contributed by atoms with Gasteiger partial charge in [-0.05, 0) is 0 Å². The van der Waals surface area contributed by atoms with Gasteiger partial charge < -0.3 is 14.8 Å². The average Bonchev–Trinajstić information content (AvgIpc) is 2.08. The Morgan fingerprint density at radius 3 is 2.50 bits per heavy atom. The first-order valence-corrected chi connectivity index (χ1v) is 4.03. The van der Waals surface area contributed by atoms with Crippen LogP contribution in [0, 0.1) is 0 Å². The normalized spacial score (nSPS) is 24.6. The van der Waals surface area contributed by atoms with Crippen LogP contribution < -0.4 is 5.32 Å². The maximum absolute atomic E-state index is 11.2. The number of esters is 2. The fourth-order valence-corrected chi connectivity index (χ4v) is 1.21. The van der Waals surface area contributed by atoms with Gasteiger partial charge in [0.15, 0.2) is 5.54 Å². The summed E-state index contributed by atoms with van der Waals surface area (Å²) in [6.07, 6.45) is -0.00699. The number of hydrogen-bond acceptors (Lipinski definition) is 5. The van der Waals surface area contributed by atoms with Crippen LogP contribution in [0.25, 0.3) is 0 Å². The predicted molar refractivity (Wildman–Crippen MR) is 44.1 cm³/mol. The van der Waals surface area contributed by atoms with Crippen LogP contribution in [0.5, 0.6) is 0 Å². The molecule has 0 aliphatic carbocycles. The molecule has 0 aromatic rings. The van der Waals surface area contributed by atoms with Gasteiger partial charge in [0.05, 0.1) is 13.5 Å². The Balaban J connectivity index is 2.60.